The normalized spacial score (nSPS) is 11.1. The van der Waals surface area contributed by atoms with Gasteiger partial charge in [-0.3, -0.25) is 10.1 Å². The number of nitrogens with zero attached hydrogens (tertiary/aromatic N) is 3. The first-order chi connectivity index (χ1) is 8.39. The highest BCUT2D eigenvalue weighted by Crippen LogP contribution is 2.26. The second-order valence-electron chi connectivity index (χ2n) is 4.42. The lowest BCUT2D eigenvalue weighted by Gasteiger charge is -2.25. The van der Waals surface area contributed by atoms with Gasteiger partial charge in [-0.25, -0.2) is 4.98 Å². The van der Waals surface area contributed by atoms with Crippen LogP contribution in [0, 0.1) is 10.1 Å². The highest BCUT2D eigenvalue weighted by Gasteiger charge is 2.24. The molecule has 0 unspecified atom stereocenters. The van der Waals surface area contributed by atoms with E-state index in [1.807, 2.05) is 13.8 Å². The Balaban J connectivity index is 3.08. The summed E-state index contributed by atoms with van der Waals surface area (Å²) in [4.78, 5) is 18.2. The predicted molar refractivity (Wildman–Crippen MR) is 67.6 cm³/mol. The van der Waals surface area contributed by atoms with E-state index in [0.717, 1.165) is 6.20 Å². The Morgan fingerprint density at radius 3 is 2.72 bits per heavy atom. The van der Waals surface area contributed by atoms with Crippen LogP contribution in [0.1, 0.15) is 20.3 Å². The Morgan fingerprint density at radius 1 is 1.56 bits per heavy atom. The number of rotatable bonds is 6. The molecular weight excluding hydrogens is 238 g/mol. The van der Waals surface area contributed by atoms with Gasteiger partial charge < -0.3 is 15.7 Å². The highest BCUT2D eigenvalue weighted by atomic mass is 16.6. The van der Waals surface area contributed by atoms with Gasteiger partial charge in [0.2, 0.25) is 11.8 Å². The summed E-state index contributed by atoms with van der Waals surface area (Å²) in [6, 6.07) is 0. The Kier molecular flexibility index (Phi) is 4.38. The smallest absolute Gasteiger partial charge is 0.329 e. The summed E-state index contributed by atoms with van der Waals surface area (Å²) in [7, 11) is 1.63. The van der Waals surface area contributed by atoms with Crippen LogP contribution < -0.4 is 10.6 Å². The molecule has 0 aliphatic carbocycles. The van der Waals surface area contributed by atoms with Gasteiger partial charge in [0, 0.05) is 19.2 Å². The molecule has 8 nitrogen and oxygen atoms in total. The topological polar surface area (TPSA) is 113 Å². The van der Waals surface area contributed by atoms with Crippen LogP contribution in [0.4, 0.5) is 17.5 Å². The lowest BCUT2D eigenvalue weighted by atomic mass is 10.0. The first-order valence-electron chi connectivity index (χ1n) is 5.48. The van der Waals surface area contributed by atoms with Crippen LogP contribution in [-0.2, 0) is 0 Å². The molecule has 0 amide bonds. The molecule has 0 saturated carbocycles. The van der Waals surface area contributed by atoms with E-state index in [1.165, 1.54) is 0 Å². The second kappa shape index (κ2) is 5.58. The number of nitrogens with one attached hydrogen (secondary N) is 2. The maximum absolute atomic E-state index is 10.9. The van der Waals surface area contributed by atoms with Crippen LogP contribution in [0.2, 0.25) is 0 Å². The summed E-state index contributed by atoms with van der Waals surface area (Å²) in [6.45, 7) is 3.64. The molecule has 0 aliphatic heterocycles. The molecule has 0 atom stereocenters. The van der Waals surface area contributed by atoms with Crippen LogP contribution in [0.3, 0.4) is 0 Å². The van der Waals surface area contributed by atoms with Gasteiger partial charge in [-0.05, 0) is 20.3 Å². The van der Waals surface area contributed by atoms with Crippen molar-refractivity contribution >= 4 is 17.5 Å². The number of nitro groups is 1. The van der Waals surface area contributed by atoms with Crippen molar-refractivity contribution in [3.8, 4) is 0 Å². The van der Waals surface area contributed by atoms with E-state index in [0.29, 0.717) is 12.4 Å². The molecular formula is C10H17N5O3. The molecule has 1 aromatic heterocycles. The van der Waals surface area contributed by atoms with Crippen molar-refractivity contribution < 1.29 is 10.0 Å². The third kappa shape index (κ3) is 3.52. The molecule has 0 bridgehead atoms. The van der Waals surface area contributed by atoms with Crippen molar-refractivity contribution in [1.82, 2.24) is 9.97 Å². The molecule has 0 spiro atoms. The molecule has 0 fully saturated rings. The first kappa shape index (κ1) is 14.1. The fraction of sp³-hybridized carbons (Fsp3) is 0.600. The monoisotopic (exact) mass is 255 g/mol. The van der Waals surface area contributed by atoms with Crippen molar-refractivity contribution in [3.05, 3.63) is 16.3 Å². The number of anilines is 2. The Morgan fingerprint density at radius 2 is 2.22 bits per heavy atom. The zero-order valence-corrected chi connectivity index (χ0v) is 10.6. The molecule has 1 heterocycles. The van der Waals surface area contributed by atoms with Gasteiger partial charge >= 0.3 is 5.69 Å². The summed E-state index contributed by atoms with van der Waals surface area (Å²) in [5, 5.41) is 25.5. The summed E-state index contributed by atoms with van der Waals surface area (Å²) < 4.78 is 0. The molecule has 8 heteroatoms. The molecule has 18 heavy (non-hydrogen) atoms. The number of aliphatic hydroxyl groups is 1. The third-order valence-electron chi connectivity index (χ3n) is 2.38. The average molecular weight is 255 g/mol. The Hall–Kier alpha value is -1.96. The molecule has 1 aromatic rings. The number of hydrogen-bond donors (Lipinski definition) is 3. The predicted octanol–water partition coefficient (Wildman–Crippen LogP) is 0.999. The van der Waals surface area contributed by atoms with Crippen molar-refractivity contribution in [3.63, 3.8) is 0 Å². The Bertz CT molecular complexity index is 436. The summed E-state index contributed by atoms with van der Waals surface area (Å²) in [6.07, 6.45) is 1.60. The minimum Gasteiger partial charge on any atom is -0.396 e. The van der Waals surface area contributed by atoms with E-state index in [2.05, 4.69) is 20.6 Å². The number of aromatic nitrogens is 2. The average Bonchev–Trinajstić information content (AvgIpc) is 2.27. The maximum atomic E-state index is 10.9. The zero-order chi connectivity index (χ0) is 13.8. The van der Waals surface area contributed by atoms with Gasteiger partial charge in [-0.15, -0.1) is 0 Å². The highest BCUT2D eigenvalue weighted by molar-refractivity contribution is 5.58. The van der Waals surface area contributed by atoms with Crippen molar-refractivity contribution in [2.24, 2.45) is 0 Å². The lowest BCUT2D eigenvalue weighted by molar-refractivity contribution is -0.384. The van der Waals surface area contributed by atoms with Crippen LogP contribution in [0.25, 0.3) is 0 Å². The minimum atomic E-state index is -0.545. The van der Waals surface area contributed by atoms with Gasteiger partial charge in [0.05, 0.1) is 4.92 Å². The Labute approximate surface area is 105 Å². The molecule has 100 valence electrons. The summed E-state index contributed by atoms with van der Waals surface area (Å²) >= 11 is 0. The molecule has 0 aliphatic rings. The fourth-order valence-corrected chi connectivity index (χ4v) is 1.38. The third-order valence-corrected chi connectivity index (χ3v) is 2.38. The van der Waals surface area contributed by atoms with E-state index in [9.17, 15) is 10.1 Å². The van der Waals surface area contributed by atoms with Gasteiger partial charge in [-0.1, -0.05) is 0 Å². The van der Waals surface area contributed by atoms with Crippen molar-refractivity contribution in [2.75, 3.05) is 24.3 Å². The molecule has 0 radical (unpaired) electrons. The summed E-state index contributed by atoms with van der Waals surface area (Å²) in [5.41, 5.74) is -0.696. The number of aliphatic hydroxyl groups excluding tert-OH is 1. The second-order valence-corrected chi connectivity index (χ2v) is 4.42. The van der Waals surface area contributed by atoms with E-state index >= 15 is 0 Å². The van der Waals surface area contributed by atoms with Gasteiger partial charge in [0.25, 0.3) is 0 Å². The first-order valence-corrected chi connectivity index (χ1v) is 5.48. The quantitative estimate of drug-likeness (QED) is 0.513. The van der Waals surface area contributed by atoms with Crippen molar-refractivity contribution in [2.45, 2.75) is 25.8 Å². The summed E-state index contributed by atoms with van der Waals surface area (Å²) in [5.74, 6) is 0.431. The van der Waals surface area contributed by atoms with Gasteiger partial charge in [0.15, 0.2) is 0 Å². The van der Waals surface area contributed by atoms with E-state index in [-0.39, 0.29) is 18.1 Å². The van der Waals surface area contributed by atoms with Crippen LogP contribution in [-0.4, -0.2) is 39.2 Å². The standard InChI is InChI=1S/C10H17N5O3/c1-10(2,4-5-16)14-8-7(15(17)18)6-12-9(11-3)13-8/h6,16H,4-5H2,1-3H3,(H2,11,12,13,14). The molecule has 0 aromatic carbocycles. The minimum absolute atomic E-state index is 0.0161. The molecule has 0 saturated heterocycles. The van der Waals surface area contributed by atoms with Crippen LogP contribution in [0.15, 0.2) is 6.20 Å². The van der Waals surface area contributed by atoms with Crippen LogP contribution >= 0.6 is 0 Å². The maximum Gasteiger partial charge on any atom is 0.329 e. The molecule has 1 rings (SSSR count). The van der Waals surface area contributed by atoms with Crippen molar-refractivity contribution in [1.29, 1.82) is 0 Å². The number of hydrogen-bond acceptors (Lipinski definition) is 7. The fourth-order valence-electron chi connectivity index (χ4n) is 1.38. The lowest BCUT2D eigenvalue weighted by Crippen LogP contribution is -2.32. The molecule has 3 N–H and O–H groups in total. The van der Waals surface area contributed by atoms with Gasteiger partial charge in [0.1, 0.15) is 6.20 Å². The van der Waals surface area contributed by atoms with E-state index < -0.39 is 10.5 Å². The van der Waals surface area contributed by atoms with Crippen LogP contribution in [0.5, 0.6) is 0 Å². The zero-order valence-electron chi connectivity index (χ0n) is 10.6. The van der Waals surface area contributed by atoms with E-state index in [4.69, 9.17) is 5.11 Å². The SMILES string of the molecule is CNc1ncc([N+](=O)[O-])c(NC(C)(C)CCO)n1. The largest absolute Gasteiger partial charge is 0.396 e. The van der Waals surface area contributed by atoms with E-state index in [1.54, 1.807) is 7.05 Å². The van der Waals surface area contributed by atoms with Gasteiger partial charge in [-0.2, -0.15) is 4.98 Å².